The molecular formula is C73H57O6Ti-. The molecular weight excluding hydrogens is 1020 g/mol. The van der Waals surface area contributed by atoms with Crippen LogP contribution in [0.15, 0.2) is 315 Å². The van der Waals surface area contributed by atoms with Gasteiger partial charge in [-0.15, -0.1) is 5.56 Å². The summed E-state index contributed by atoms with van der Waals surface area (Å²) in [6.45, 7) is 0. The Bertz CT molecular complexity index is 3040. The summed E-state index contributed by atoms with van der Waals surface area (Å²) < 4.78 is 0. The maximum absolute atomic E-state index is 12.4. The smallest absolute Gasteiger partial charge is 0.323 e. The van der Waals surface area contributed by atoms with Crippen molar-refractivity contribution in [3.05, 3.63) is 383 Å². The Morgan fingerprint density at radius 3 is 0.700 bits per heavy atom. The van der Waals surface area contributed by atoms with Gasteiger partial charge in [-0.05, 0) is 56.5 Å². The first-order valence-corrected chi connectivity index (χ1v) is 26.0. The predicted octanol–water partition coefficient (Wildman–Crippen LogP) is 15.4. The second-order valence-electron chi connectivity index (χ2n) is 18.9. The molecule has 0 heterocycles. The van der Waals surface area contributed by atoms with E-state index in [1.165, 1.54) is 22.3 Å². The van der Waals surface area contributed by atoms with Crippen LogP contribution in [0.4, 0.5) is 0 Å². The van der Waals surface area contributed by atoms with Gasteiger partial charge in [0.05, 0.1) is 0 Å². The van der Waals surface area contributed by atoms with Crippen molar-refractivity contribution in [3.8, 4) is 11.1 Å². The topological polar surface area (TPSA) is 112 Å². The summed E-state index contributed by atoms with van der Waals surface area (Å²) in [4.78, 5) is 37.3. The molecule has 0 unspecified atom stereocenters. The van der Waals surface area contributed by atoms with Gasteiger partial charge < -0.3 is 15.3 Å². The van der Waals surface area contributed by atoms with Crippen LogP contribution in [0.2, 0.25) is 0 Å². The maximum Gasteiger partial charge on any atom is 0.323 e. The van der Waals surface area contributed by atoms with Gasteiger partial charge in [-0.2, -0.15) is 29.8 Å². The number of aliphatic carboxylic acids is 3. The molecule has 0 amide bonds. The third-order valence-corrected chi connectivity index (χ3v) is 14.4. The molecule has 80 heavy (non-hydrogen) atoms. The van der Waals surface area contributed by atoms with E-state index in [0.717, 1.165) is 56.5 Å². The monoisotopic (exact) mass is 1080 g/mol. The fourth-order valence-electron chi connectivity index (χ4n) is 10.8. The van der Waals surface area contributed by atoms with E-state index in [0.29, 0.717) is 0 Å². The first kappa shape index (κ1) is 56.7. The number of benzene rings is 11. The van der Waals surface area contributed by atoms with E-state index in [2.05, 4.69) is 42.5 Å². The van der Waals surface area contributed by atoms with E-state index < -0.39 is 34.2 Å². The summed E-state index contributed by atoms with van der Waals surface area (Å²) in [7, 11) is 0. The van der Waals surface area contributed by atoms with Crippen LogP contribution in [-0.2, 0) is 58.8 Å². The summed E-state index contributed by atoms with van der Waals surface area (Å²) in [6.07, 6.45) is 1.05. The number of rotatable bonds is 12. The summed E-state index contributed by atoms with van der Waals surface area (Å²) in [5, 5.41) is 30.6. The Morgan fingerprint density at radius 1 is 0.275 bits per heavy atom. The molecule has 0 saturated heterocycles. The SMILES string of the molecule is O=C(O)C(c1ccccc1)(c1ccccc1)c1ccccc1.O=C(O)C(c1ccccc1)(c1ccccc1)c1ccccc1.O=C(O)C(c1ccccc1)(c1ccccc1)c1ccccc1.[Ti].[c-]1cccc2c1Cc1ccccc1-2. The van der Waals surface area contributed by atoms with Gasteiger partial charge in [-0.25, -0.2) is 0 Å². The van der Waals surface area contributed by atoms with Gasteiger partial charge in [-0.1, -0.05) is 308 Å². The Balaban J connectivity index is 0.000000142. The van der Waals surface area contributed by atoms with Crippen LogP contribution < -0.4 is 0 Å². The molecule has 3 N–H and O–H groups in total. The van der Waals surface area contributed by atoms with Crippen molar-refractivity contribution in [1.29, 1.82) is 0 Å². The average Bonchev–Trinajstić information content (AvgIpc) is 3.93. The molecule has 12 rings (SSSR count). The third kappa shape index (κ3) is 11.6. The van der Waals surface area contributed by atoms with Crippen molar-refractivity contribution in [1.82, 2.24) is 0 Å². The summed E-state index contributed by atoms with van der Waals surface area (Å²) >= 11 is 0. The molecule has 0 atom stereocenters. The van der Waals surface area contributed by atoms with Crippen LogP contribution in [0.1, 0.15) is 61.2 Å². The van der Waals surface area contributed by atoms with Gasteiger partial charge in [0.2, 0.25) is 0 Å². The zero-order valence-corrected chi connectivity index (χ0v) is 45.4. The quantitative estimate of drug-likeness (QED) is 0.0638. The van der Waals surface area contributed by atoms with Crippen LogP contribution in [0.25, 0.3) is 11.1 Å². The number of carbonyl (C=O) groups is 3. The first-order chi connectivity index (χ1) is 38.7. The van der Waals surface area contributed by atoms with Gasteiger partial charge in [0.15, 0.2) is 0 Å². The van der Waals surface area contributed by atoms with Gasteiger partial charge >= 0.3 is 17.9 Å². The average molecular weight is 1080 g/mol. The molecule has 390 valence electrons. The van der Waals surface area contributed by atoms with E-state index in [1.807, 2.05) is 279 Å². The Kier molecular flexibility index (Phi) is 19.0. The maximum atomic E-state index is 12.4. The fourth-order valence-corrected chi connectivity index (χ4v) is 10.8. The van der Waals surface area contributed by atoms with Crippen LogP contribution in [0, 0.1) is 6.07 Å². The van der Waals surface area contributed by atoms with Gasteiger partial charge in [0, 0.05) is 21.7 Å². The third-order valence-electron chi connectivity index (χ3n) is 14.4. The van der Waals surface area contributed by atoms with Crippen molar-refractivity contribution in [3.63, 3.8) is 0 Å². The molecule has 0 aromatic heterocycles. The number of hydrogen-bond donors (Lipinski definition) is 3. The van der Waals surface area contributed by atoms with Crippen molar-refractivity contribution in [2.45, 2.75) is 22.7 Å². The molecule has 7 heteroatoms. The van der Waals surface area contributed by atoms with E-state index in [9.17, 15) is 29.7 Å². The Labute approximate surface area is 482 Å². The molecule has 0 saturated carbocycles. The summed E-state index contributed by atoms with van der Waals surface area (Å²) in [5.41, 5.74) is 8.65. The molecule has 0 radical (unpaired) electrons. The van der Waals surface area contributed by atoms with Crippen LogP contribution in [-0.4, -0.2) is 33.2 Å². The van der Waals surface area contributed by atoms with Crippen LogP contribution in [0.5, 0.6) is 0 Å². The minimum Gasteiger partial charge on any atom is -0.480 e. The van der Waals surface area contributed by atoms with Crippen LogP contribution in [0.3, 0.4) is 0 Å². The normalized spacial score (nSPS) is 11.2. The Hall–Kier alpha value is -9.46. The summed E-state index contributed by atoms with van der Waals surface area (Å²) in [6, 6.07) is 103. The second-order valence-corrected chi connectivity index (χ2v) is 18.9. The number of carboxylic acid groups (broad SMARTS) is 3. The molecule has 0 bridgehead atoms. The zero-order valence-electron chi connectivity index (χ0n) is 43.8. The molecule has 0 aliphatic heterocycles. The molecule has 11 aromatic carbocycles. The molecule has 1 aliphatic rings. The fraction of sp³-hybridized carbons (Fsp3) is 0.0548. The van der Waals surface area contributed by atoms with Crippen molar-refractivity contribution in [2.75, 3.05) is 0 Å². The van der Waals surface area contributed by atoms with E-state index in [-0.39, 0.29) is 21.7 Å². The largest absolute Gasteiger partial charge is 0.480 e. The zero-order chi connectivity index (χ0) is 54.9. The number of fused-ring (bicyclic) bond motifs is 3. The minimum absolute atomic E-state index is 0. The minimum atomic E-state index is -1.20. The molecule has 0 spiro atoms. The number of carboxylic acids is 3. The predicted molar refractivity (Wildman–Crippen MR) is 314 cm³/mol. The first-order valence-electron chi connectivity index (χ1n) is 26.0. The van der Waals surface area contributed by atoms with Crippen molar-refractivity contribution in [2.24, 2.45) is 0 Å². The van der Waals surface area contributed by atoms with Gasteiger partial charge in [0.25, 0.3) is 0 Å². The second kappa shape index (κ2) is 26.7. The van der Waals surface area contributed by atoms with Crippen molar-refractivity contribution < 1.29 is 51.4 Å². The standard InChI is InChI=1S/3C20H16O2.C13H9.Ti/c3*21-19(22)20(16-10-4-1-5-11-16,17-12-6-2-7-13-17)18-14-8-3-9-15-18;1-3-7-12-10(5-1)9-11-6-2-4-8-13(11)12;/h3*1-15H,(H,21,22);1-5,7-8H,9H2;/q;;;-1;. The molecule has 1 aliphatic carbocycles. The molecule has 6 nitrogen and oxygen atoms in total. The van der Waals surface area contributed by atoms with E-state index in [1.54, 1.807) is 0 Å². The van der Waals surface area contributed by atoms with E-state index in [4.69, 9.17) is 0 Å². The summed E-state index contributed by atoms with van der Waals surface area (Å²) in [5.74, 6) is -2.64. The number of hydrogen-bond acceptors (Lipinski definition) is 3. The molecule has 0 fully saturated rings. The van der Waals surface area contributed by atoms with Gasteiger partial charge in [0.1, 0.15) is 16.2 Å². The van der Waals surface area contributed by atoms with Crippen LogP contribution >= 0.6 is 0 Å². The Morgan fingerprint density at radius 2 is 0.475 bits per heavy atom. The van der Waals surface area contributed by atoms with Crippen molar-refractivity contribution >= 4 is 17.9 Å². The van der Waals surface area contributed by atoms with E-state index >= 15 is 0 Å². The molecule has 11 aromatic rings. The van der Waals surface area contributed by atoms with Gasteiger partial charge in [-0.3, -0.25) is 14.4 Å².